The lowest BCUT2D eigenvalue weighted by Crippen LogP contribution is -2.41. The fourth-order valence-electron chi connectivity index (χ4n) is 3.06. The molecule has 10 nitrogen and oxygen atoms in total. The monoisotopic (exact) mass is 414 g/mol. The first-order valence-electron chi connectivity index (χ1n) is 9.22. The highest BCUT2D eigenvalue weighted by Crippen LogP contribution is 2.21. The van der Waals surface area contributed by atoms with Crippen molar-refractivity contribution in [3.8, 4) is 0 Å². The molecule has 2 aromatic heterocycles. The SMILES string of the molecule is Cc1cc(C)n(Cc2ccc(C(=O)NC(CO)C(O)c3ccc([N+](=O)[O-])cc3)o2)n1. The number of hydrogen-bond acceptors (Lipinski definition) is 7. The molecule has 2 atom stereocenters. The third-order valence-electron chi connectivity index (χ3n) is 4.63. The van der Waals surface area contributed by atoms with Crippen LogP contribution >= 0.6 is 0 Å². The van der Waals surface area contributed by atoms with Gasteiger partial charge >= 0.3 is 0 Å². The minimum absolute atomic E-state index is 0.0286. The standard InChI is InChI=1S/C20H22N4O6/c1-12-9-13(2)23(22-12)10-16-7-8-18(30-16)20(27)21-17(11-25)19(26)14-3-5-15(6-4-14)24(28)29/h3-9,17,19,25-26H,10-11H2,1-2H3,(H,21,27). The summed E-state index contributed by atoms with van der Waals surface area (Å²) in [5.41, 5.74) is 2.04. The lowest BCUT2D eigenvalue weighted by Gasteiger charge is -2.22. The Labute approximate surface area is 171 Å². The van der Waals surface area contributed by atoms with E-state index in [2.05, 4.69) is 10.4 Å². The van der Waals surface area contributed by atoms with Gasteiger partial charge < -0.3 is 19.9 Å². The van der Waals surface area contributed by atoms with Crippen LogP contribution in [-0.4, -0.2) is 43.5 Å². The molecular formula is C20H22N4O6. The second-order valence-electron chi connectivity index (χ2n) is 6.91. The van der Waals surface area contributed by atoms with Crippen LogP contribution in [0.1, 0.15) is 39.4 Å². The second-order valence-corrected chi connectivity index (χ2v) is 6.91. The second kappa shape index (κ2) is 8.89. The Morgan fingerprint density at radius 3 is 2.53 bits per heavy atom. The number of nitro groups is 1. The van der Waals surface area contributed by atoms with E-state index in [4.69, 9.17) is 4.42 Å². The molecule has 0 aliphatic carbocycles. The van der Waals surface area contributed by atoms with Gasteiger partial charge in [-0.25, -0.2) is 0 Å². The van der Waals surface area contributed by atoms with Gasteiger partial charge in [-0.1, -0.05) is 0 Å². The molecule has 0 saturated carbocycles. The van der Waals surface area contributed by atoms with Crippen LogP contribution in [0, 0.1) is 24.0 Å². The third kappa shape index (κ3) is 4.73. The highest BCUT2D eigenvalue weighted by molar-refractivity contribution is 5.91. The van der Waals surface area contributed by atoms with Gasteiger partial charge in [-0.3, -0.25) is 19.6 Å². The Kier molecular flexibility index (Phi) is 6.28. The number of furan rings is 1. The van der Waals surface area contributed by atoms with Gasteiger partial charge in [0.15, 0.2) is 5.76 Å². The summed E-state index contributed by atoms with van der Waals surface area (Å²) < 4.78 is 7.33. The number of aryl methyl sites for hydroxylation is 2. The Morgan fingerprint density at radius 1 is 1.27 bits per heavy atom. The summed E-state index contributed by atoms with van der Waals surface area (Å²) in [5, 5.41) is 37.7. The van der Waals surface area contributed by atoms with Crippen LogP contribution in [0.5, 0.6) is 0 Å². The fourth-order valence-corrected chi connectivity index (χ4v) is 3.06. The minimum atomic E-state index is -1.26. The van der Waals surface area contributed by atoms with Crippen LogP contribution in [-0.2, 0) is 6.54 Å². The first kappa shape index (κ1) is 21.2. The molecule has 30 heavy (non-hydrogen) atoms. The number of amides is 1. The maximum atomic E-state index is 12.5. The van der Waals surface area contributed by atoms with Gasteiger partial charge in [0.2, 0.25) is 0 Å². The molecule has 1 aromatic carbocycles. The first-order chi connectivity index (χ1) is 14.3. The van der Waals surface area contributed by atoms with Gasteiger partial charge in [-0.05, 0) is 49.7 Å². The number of benzene rings is 1. The molecular weight excluding hydrogens is 392 g/mol. The number of carbonyl (C=O) groups excluding carboxylic acids is 1. The smallest absolute Gasteiger partial charge is 0.287 e. The summed E-state index contributed by atoms with van der Waals surface area (Å²) in [4.78, 5) is 22.7. The van der Waals surface area contributed by atoms with Crippen LogP contribution in [0.4, 0.5) is 5.69 Å². The molecule has 0 bridgehead atoms. The molecule has 0 aliphatic heterocycles. The minimum Gasteiger partial charge on any atom is -0.454 e. The van der Waals surface area contributed by atoms with Crippen molar-refractivity contribution in [1.82, 2.24) is 15.1 Å². The molecule has 0 spiro atoms. The van der Waals surface area contributed by atoms with Gasteiger partial charge in [0.1, 0.15) is 11.9 Å². The van der Waals surface area contributed by atoms with Crippen LogP contribution in [0.2, 0.25) is 0 Å². The number of hydrogen-bond donors (Lipinski definition) is 3. The molecule has 10 heteroatoms. The number of aliphatic hydroxyl groups is 2. The zero-order valence-corrected chi connectivity index (χ0v) is 16.5. The Balaban J connectivity index is 1.66. The number of nitrogens with zero attached hydrogens (tertiary/aromatic N) is 3. The van der Waals surface area contributed by atoms with E-state index in [1.54, 1.807) is 10.7 Å². The maximum Gasteiger partial charge on any atom is 0.287 e. The van der Waals surface area contributed by atoms with Crippen molar-refractivity contribution in [2.75, 3.05) is 6.61 Å². The Bertz CT molecular complexity index is 1040. The van der Waals surface area contributed by atoms with E-state index in [0.717, 1.165) is 11.4 Å². The van der Waals surface area contributed by atoms with Crippen molar-refractivity contribution in [3.05, 3.63) is 81.1 Å². The molecule has 2 heterocycles. The van der Waals surface area contributed by atoms with Gasteiger partial charge in [-0.2, -0.15) is 5.10 Å². The zero-order valence-electron chi connectivity index (χ0n) is 16.5. The molecule has 2 unspecified atom stereocenters. The number of carbonyl (C=O) groups is 1. The molecule has 0 saturated heterocycles. The number of aliphatic hydroxyl groups excluding tert-OH is 2. The molecule has 3 N–H and O–H groups in total. The third-order valence-corrected chi connectivity index (χ3v) is 4.63. The van der Waals surface area contributed by atoms with E-state index >= 15 is 0 Å². The average molecular weight is 414 g/mol. The molecule has 0 fully saturated rings. The number of nitro benzene ring substituents is 1. The van der Waals surface area contributed by atoms with Crippen LogP contribution < -0.4 is 5.32 Å². The quantitative estimate of drug-likeness (QED) is 0.377. The summed E-state index contributed by atoms with van der Waals surface area (Å²) >= 11 is 0. The highest BCUT2D eigenvalue weighted by atomic mass is 16.6. The molecule has 158 valence electrons. The summed E-state index contributed by atoms with van der Waals surface area (Å²) in [6, 6.07) is 9.30. The van der Waals surface area contributed by atoms with Crippen molar-refractivity contribution in [3.63, 3.8) is 0 Å². The molecule has 1 amide bonds. The number of non-ortho nitro benzene ring substituents is 1. The van der Waals surface area contributed by atoms with Crippen molar-refractivity contribution in [1.29, 1.82) is 0 Å². The van der Waals surface area contributed by atoms with Gasteiger partial charge in [0.05, 0.1) is 29.8 Å². The van der Waals surface area contributed by atoms with Gasteiger partial charge in [0, 0.05) is 17.8 Å². The lowest BCUT2D eigenvalue weighted by atomic mass is 10.0. The first-order valence-corrected chi connectivity index (χ1v) is 9.22. The maximum absolute atomic E-state index is 12.5. The molecule has 3 rings (SSSR count). The molecule has 0 aliphatic rings. The number of aromatic nitrogens is 2. The van der Waals surface area contributed by atoms with E-state index in [1.165, 1.54) is 30.3 Å². The predicted octanol–water partition coefficient (Wildman–Crippen LogP) is 1.87. The topological polar surface area (TPSA) is 144 Å². The zero-order chi connectivity index (χ0) is 21.8. The summed E-state index contributed by atoms with van der Waals surface area (Å²) in [6.45, 7) is 3.63. The largest absolute Gasteiger partial charge is 0.454 e. The van der Waals surface area contributed by atoms with E-state index in [-0.39, 0.29) is 11.4 Å². The van der Waals surface area contributed by atoms with Crippen molar-refractivity contribution in [2.24, 2.45) is 0 Å². The van der Waals surface area contributed by atoms with Crippen molar-refractivity contribution in [2.45, 2.75) is 32.5 Å². The Hall–Kier alpha value is -3.50. The van der Waals surface area contributed by atoms with E-state index in [1.807, 2.05) is 19.9 Å². The average Bonchev–Trinajstić information content (AvgIpc) is 3.31. The summed E-state index contributed by atoms with van der Waals surface area (Å²) in [7, 11) is 0. The van der Waals surface area contributed by atoms with Crippen molar-refractivity contribution >= 4 is 11.6 Å². The fraction of sp³-hybridized carbons (Fsp3) is 0.300. The van der Waals surface area contributed by atoms with Crippen LogP contribution in [0.3, 0.4) is 0 Å². The summed E-state index contributed by atoms with van der Waals surface area (Å²) in [6.07, 6.45) is -1.26. The Morgan fingerprint density at radius 2 is 1.97 bits per heavy atom. The summed E-state index contributed by atoms with van der Waals surface area (Å²) in [5.74, 6) is -0.0432. The lowest BCUT2D eigenvalue weighted by molar-refractivity contribution is -0.384. The van der Waals surface area contributed by atoms with E-state index in [0.29, 0.717) is 17.9 Å². The normalized spacial score (nSPS) is 13.1. The van der Waals surface area contributed by atoms with Crippen molar-refractivity contribution < 1.29 is 24.3 Å². The number of rotatable bonds is 8. The van der Waals surface area contributed by atoms with E-state index < -0.39 is 29.6 Å². The van der Waals surface area contributed by atoms with Gasteiger partial charge in [-0.15, -0.1) is 0 Å². The van der Waals surface area contributed by atoms with Crippen LogP contribution in [0.25, 0.3) is 0 Å². The van der Waals surface area contributed by atoms with Gasteiger partial charge in [0.25, 0.3) is 11.6 Å². The van der Waals surface area contributed by atoms with E-state index in [9.17, 15) is 25.1 Å². The number of nitrogens with one attached hydrogen (secondary N) is 1. The predicted molar refractivity (Wildman–Crippen MR) is 106 cm³/mol. The molecule has 3 aromatic rings. The van der Waals surface area contributed by atoms with Crippen LogP contribution in [0.15, 0.2) is 46.9 Å². The molecule has 0 radical (unpaired) electrons. The highest BCUT2D eigenvalue weighted by Gasteiger charge is 2.24.